The molecular weight excluding hydrogens is 208 g/mol. The Bertz CT molecular complexity index is 181. The molecular formula is C15H32N2. The highest BCUT2D eigenvalue weighted by Gasteiger charge is 2.21. The number of nitrogens with zero attached hydrogens (tertiary/aromatic N) is 1. The van der Waals surface area contributed by atoms with E-state index in [2.05, 4.69) is 38.2 Å². The lowest BCUT2D eigenvalue weighted by Crippen LogP contribution is -2.36. The molecule has 0 radical (unpaired) electrons. The largest absolute Gasteiger partial charge is 0.317 e. The number of hydrogen-bond donors (Lipinski definition) is 1. The fourth-order valence-corrected chi connectivity index (χ4v) is 3.01. The van der Waals surface area contributed by atoms with Gasteiger partial charge in [-0.15, -0.1) is 0 Å². The van der Waals surface area contributed by atoms with Gasteiger partial charge >= 0.3 is 0 Å². The van der Waals surface area contributed by atoms with Crippen LogP contribution < -0.4 is 5.32 Å². The summed E-state index contributed by atoms with van der Waals surface area (Å²) in [7, 11) is 4.40. The van der Waals surface area contributed by atoms with E-state index in [1.165, 1.54) is 51.5 Å². The van der Waals surface area contributed by atoms with Gasteiger partial charge in [0.15, 0.2) is 0 Å². The van der Waals surface area contributed by atoms with E-state index in [4.69, 9.17) is 0 Å². The van der Waals surface area contributed by atoms with Crippen LogP contribution >= 0.6 is 0 Å². The van der Waals surface area contributed by atoms with E-state index >= 15 is 0 Å². The van der Waals surface area contributed by atoms with Crippen molar-refractivity contribution in [2.75, 3.05) is 20.6 Å². The normalized spacial score (nSPS) is 27.4. The second-order valence-electron chi connectivity index (χ2n) is 5.93. The first-order chi connectivity index (χ1) is 8.17. The van der Waals surface area contributed by atoms with Crippen LogP contribution in [0.15, 0.2) is 0 Å². The van der Waals surface area contributed by atoms with Crippen LogP contribution in [-0.2, 0) is 0 Å². The molecule has 0 aromatic rings. The van der Waals surface area contributed by atoms with Crippen molar-refractivity contribution in [3.63, 3.8) is 0 Å². The third-order valence-electron chi connectivity index (χ3n) is 4.57. The summed E-state index contributed by atoms with van der Waals surface area (Å²) in [5.74, 6) is 0.966. The van der Waals surface area contributed by atoms with Crippen molar-refractivity contribution in [1.29, 1.82) is 0 Å². The highest BCUT2D eigenvalue weighted by atomic mass is 15.1. The Hall–Kier alpha value is -0.0800. The average molecular weight is 240 g/mol. The van der Waals surface area contributed by atoms with Crippen LogP contribution in [0.5, 0.6) is 0 Å². The van der Waals surface area contributed by atoms with Crippen LogP contribution in [-0.4, -0.2) is 37.6 Å². The molecule has 102 valence electrons. The van der Waals surface area contributed by atoms with E-state index in [1.54, 1.807) is 0 Å². The number of hydrogen-bond acceptors (Lipinski definition) is 2. The van der Waals surface area contributed by atoms with E-state index < -0.39 is 0 Å². The molecule has 0 saturated heterocycles. The highest BCUT2D eigenvalue weighted by Crippen LogP contribution is 2.26. The van der Waals surface area contributed by atoms with Crippen molar-refractivity contribution in [1.82, 2.24) is 10.2 Å². The first kappa shape index (κ1) is 15.0. The summed E-state index contributed by atoms with van der Waals surface area (Å²) in [5, 5.41) is 3.39. The van der Waals surface area contributed by atoms with Crippen molar-refractivity contribution >= 4 is 0 Å². The monoisotopic (exact) mass is 240 g/mol. The van der Waals surface area contributed by atoms with Gasteiger partial charge in [-0.3, -0.25) is 0 Å². The SMILES string of the molecule is CCC(CCCN(C)C1CCC(C)CC1)NC. The van der Waals surface area contributed by atoms with Gasteiger partial charge in [0, 0.05) is 12.1 Å². The maximum atomic E-state index is 3.39. The highest BCUT2D eigenvalue weighted by molar-refractivity contribution is 4.76. The molecule has 0 aromatic heterocycles. The summed E-state index contributed by atoms with van der Waals surface area (Å²) in [6.45, 7) is 5.94. The molecule has 1 aliphatic rings. The molecule has 1 saturated carbocycles. The van der Waals surface area contributed by atoms with E-state index in [0.717, 1.165) is 18.0 Å². The molecule has 0 spiro atoms. The van der Waals surface area contributed by atoms with Gasteiger partial charge in [-0.05, 0) is 71.5 Å². The second kappa shape index (κ2) is 8.10. The topological polar surface area (TPSA) is 15.3 Å². The molecule has 1 rings (SSSR count). The zero-order valence-electron chi connectivity index (χ0n) is 12.3. The molecule has 0 heterocycles. The van der Waals surface area contributed by atoms with E-state index in [1.807, 2.05) is 0 Å². The first-order valence-corrected chi connectivity index (χ1v) is 7.54. The Morgan fingerprint density at radius 2 is 1.88 bits per heavy atom. The zero-order chi connectivity index (χ0) is 12.7. The fraction of sp³-hybridized carbons (Fsp3) is 1.00. The number of nitrogens with one attached hydrogen (secondary N) is 1. The van der Waals surface area contributed by atoms with Gasteiger partial charge in [0.25, 0.3) is 0 Å². The minimum absolute atomic E-state index is 0.717. The summed E-state index contributed by atoms with van der Waals surface area (Å²) in [4.78, 5) is 2.61. The van der Waals surface area contributed by atoms with Crippen molar-refractivity contribution in [3.8, 4) is 0 Å². The van der Waals surface area contributed by atoms with E-state index in [-0.39, 0.29) is 0 Å². The third kappa shape index (κ3) is 5.39. The average Bonchev–Trinajstić information content (AvgIpc) is 2.35. The van der Waals surface area contributed by atoms with Crippen LogP contribution in [0.25, 0.3) is 0 Å². The zero-order valence-corrected chi connectivity index (χ0v) is 12.3. The van der Waals surface area contributed by atoms with Gasteiger partial charge in [-0.2, -0.15) is 0 Å². The molecule has 1 aliphatic carbocycles. The molecule has 2 nitrogen and oxygen atoms in total. The van der Waals surface area contributed by atoms with Crippen LogP contribution in [0.4, 0.5) is 0 Å². The first-order valence-electron chi connectivity index (χ1n) is 7.54. The van der Waals surface area contributed by atoms with Crippen molar-refractivity contribution in [3.05, 3.63) is 0 Å². The summed E-state index contributed by atoms with van der Waals surface area (Å²) in [6.07, 6.45) is 9.61. The standard InChI is InChI=1S/C15H32N2/c1-5-14(16-3)7-6-12-17(4)15-10-8-13(2)9-11-15/h13-16H,5-12H2,1-4H3. The Labute approximate surface area is 108 Å². The molecule has 0 amide bonds. The third-order valence-corrected chi connectivity index (χ3v) is 4.57. The Morgan fingerprint density at radius 1 is 1.24 bits per heavy atom. The maximum Gasteiger partial charge on any atom is 0.00924 e. The molecule has 17 heavy (non-hydrogen) atoms. The van der Waals surface area contributed by atoms with Crippen LogP contribution in [0, 0.1) is 5.92 Å². The predicted molar refractivity (Wildman–Crippen MR) is 76.4 cm³/mol. The van der Waals surface area contributed by atoms with Crippen molar-refractivity contribution < 1.29 is 0 Å². The Balaban J connectivity index is 2.14. The van der Waals surface area contributed by atoms with Crippen molar-refractivity contribution in [2.45, 2.75) is 70.9 Å². The smallest absolute Gasteiger partial charge is 0.00924 e. The van der Waals surface area contributed by atoms with Gasteiger partial charge < -0.3 is 10.2 Å². The van der Waals surface area contributed by atoms with Gasteiger partial charge in [0.2, 0.25) is 0 Å². The molecule has 1 unspecified atom stereocenters. The lowest BCUT2D eigenvalue weighted by molar-refractivity contribution is 0.166. The maximum absolute atomic E-state index is 3.39. The second-order valence-corrected chi connectivity index (χ2v) is 5.93. The Morgan fingerprint density at radius 3 is 2.41 bits per heavy atom. The van der Waals surface area contributed by atoms with E-state index in [0.29, 0.717) is 0 Å². The number of rotatable bonds is 7. The van der Waals surface area contributed by atoms with E-state index in [9.17, 15) is 0 Å². The molecule has 2 heteroatoms. The van der Waals surface area contributed by atoms with Gasteiger partial charge in [0.05, 0.1) is 0 Å². The van der Waals surface area contributed by atoms with Gasteiger partial charge in [0.1, 0.15) is 0 Å². The lowest BCUT2D eigenvalue weighted by atomic mass is 9.86. The van der Waals surface area contributed by atoms with Crippen LogP contribution in [0.3, 0.4) is 0 Å². The Kier molecular flexibility index (Phi) is 7.14. The lowest BCUT2D eigenvalue weighted by Gasteiger charge is -2.33. The summed E-state index contributed by atoms with van der Waals surface area (Å²) >= 11 is 0. The fourth-order valence-electron chi connectivity index (χ4n) is 3.01. The van der Waals surface area contributed by atoms with Crippen LogP contribution in [0.1, 0.15) is 58.8 Å². The van der Waals surface area contributed by atoms with Crippen LogP contribution in [0.2, 0.25) is 0 Å². The molecule has 0 aliphatic heterocycles. The van der Waals surface area contributed by atoms with Gasteiger partial charge in [-0.1, -0.05) is 13.8 Å². The summed E-state index contributed by atoms with van der Waals surface area (Å²) < 4.78 is 0. The quantitative estimate of drug-likeness (QED) is 0.735. The summed E-state index contributed by atoms with van der Waals surface area (Å²) in [6, 6.07) is 1.58. The molecule has 1 N–H and O–H groups in total. The van der Waals surface area contributed by atoms with Crippen molar-refractivity contribution in [2.24, 2.45) is 5.92 Å². The summed E-state index contributed by atoms with van der Waals surface area (Å²) in [5.41, 5.74) is 0. The van der Waals surface area contributed by atoms with Gasteiger partial charge in [-0.25, -0.2) is 0 Å². The minimum Gasteiger partial charge on any atom is -0.317 e. The molecule has 1 atom stereocenters. The molecule has 1 fully saturated rings. The molecule has 0 bridgehead atoms. The molecule has 0 aromatic carbocycles. The minimum atomic E-state index is 0.717. The predicted octanol–water partition coefficient (Wildman–Crippen LogP) is 3.28.